The number of rotatable bonds is 5. The number of para-hydroxylation sites is 1. The molecule has 2 fully saturated rings. The molecule has 2 aliphatic rings. The van der Waals surface area contributed by atoms with E-state index in [9.17, 15) is 22.8 Å². The zero-order valence-corrected chi connectivity index (χ0v) is 19.6. The number of amides is 1. The summed E-state index contributed by atoms with van der Waals surface area (Å²) in [5.41, 5.74) is 0.885. The molecule has 0 aromatic heterocycles. The van der Waals surface area contributed by atoms with Crippen LogP contribution in [0, 0.1) is 5.41 Å². The van der Waals surface area contributed by atoms with Crippen molar-refractivity contribution in [3.8, 4) is 5.75 Å². The molecule has 6 nitrogen and oxygen atoms in total. The van der Waals surface area contributed by atoms with Crippen LogP contribution in [0.25, 0.3) is 0 Å². The van der Waals surface area contributed by atoms with E-state index in [-0.39, 0.29) is 12.5 Å². The average molecular weight is 491 g/mol. The molecule has 0 aliphatic carbocycles. The Morgan fingerprint density at radius 1 is 0.971 bits per heavy atom. The predicted octanol–water partition coefficient (Wildman–Crippen LogP) is 4.30. The molecule has 35 heavy (non-hydrogen) atoms. The molecular weight excluding hydrogens is 461 g/mol. The van der Waals surface area contributed by atoms with Crippen molar-refractivity contribution in [1.29, 1.82) is 0 Å². The van der Waals surface area contributed by atoms with Crippen molar-refractivity contribution in [3.63, 3.8) is 0 Å². The highest BCUT2D eigenvalue weighted by atomic mass is 19.4. The third-order valence-corrected chi connectivity index (χ3v) is 7.18. The van der Waals surface area contributed by atoms with E-state index in [0.717, 1.165) is 11.3 Å². The summed E-state index contributed by atoms with van der Waals surface area (Å²) in [6, 6.07) is 16.3. The van der Waals surface area contributed by atoms with Gasteiger partial charge >= 0.3 is 12.1 Å². The minimum absolute atomic E-state index is 0.0535. The minimum atomic E-state index is -5.09. The summed E-state index contributed by atoms with van der Waals surface area (Å²) < 4.78 is 49.7. The van der Waals surface area contributed by atoms with Crippen molar-refractivity contribution in [2.45, 2.75) is 38.1 Å². The quantitative estimate of drug-likeness (QED) is 0.585. The monoisotopic (exact) mass is 490 g/mol. The minimum Gasteiger partial charge on any atom is -0.496 e. The van der Waals surface area contributed by atoms with Gasteiger partial charge in [-0.15, -0.1) is 0 Å². The number of benzene rings is 2. The maximum absolute atomic E-state index is 13.1. The van der Waals surface area contributed by atoms with Crippen LogP contribution in [0.1, 0.15) is 35.2 Å². The van der Waals surface area contributed by atoms with E-state index in [1.807, 2.05) is 24.3 Å². The number of halogens is 3. The molecule has 1 spiro atoms. The molecule has 0 bridgehead atoms. The normalized spacial score (nSPS) is 20.5. The maximum atomic E-state index is 13.1. The van der Waals surface area contributed by atoms with Gasteiger partial charge in [-0.25, -0.2) is 4.79 Å². The lowest BCUT2D eigenvalue weighted by molar-refractivity contribution is -0.216. The molecule has 188 valence electrons. The number of likely N-dealkylation sites (tertiary alicyclic amines) is 2. The molecule has 2 aliphatic heterocycles. The van der Waals surface area contributed by atoms with Gasteiger partial charge in [0.25, 0.3) is 5.91 Å². The summed E-state index contributed by atoms with van der Waals surface area (Å²) in [5, 5.41) is 0. The summed E-state index contributed by atoms with van der Waals surface area (Å²) in [6.45, 7) is 2.30. The van der Waals surface area contributed by atoms with Crippen molar-refractivity contribution in [2.24, 2.45) is 5.41 Å². The number of hydrogen-bond acceptors (Lipinski definition) is 5. The second-order valence-electron chi connectivity index (χ2n) is 9.21. The smallest absolute Gasteiger partial charge is 0.490 e. The van der Waals surface area contributed by atoms with Crippen LogP contribution in [-0.2, 0) is 16.1 Å². The highest BCUT2D eigenvalue weighted by molar-refractivity contribution is 5.94. The Morgan fingerprint density at radius 3 is 2.26 bits per heavy atom. The van der Waals surface area contributed by atoms with Crippen LogP contribution in [-0.4, -0.2) is 67.2 Å². The van der Waals surface area contributed by atoms with Crippen LogP contribution in [0.4, 0.5) is 13.2 Å². The van der Waals surface area contributed by atoms with E-state index < -0.39 is 23.7 Å². The van der Waals surface area contributed by atoms with Crippen LogP contribution in [0.2, 0.25) is 0 Å². The van der Waals surface area contributed by atoms with E-state index >= 15 is 0 Å². The van der Waals surface area contributed by atoms with Gasteiger partial charge in [0.1, 0.15) is 11.9 Å². The highest BCUT2D eigenvalue weighted by Gasteiger charge is 2.51. The fourth-order valence-corrected chi connectivity index (χ4v) is 5.11. The number of methoxy groups -OCH3 is 1. The lowest BCUT2D eigenvalue weighted by atomic mass is 9.69. The number of alkyl halides is 3. The fourth-order valence-electron chi connectivity index (χ4n) is 5.11. The van der Waals surface area contributed by atoms with Crippen molar-refractivity contribution in [2.75, 3.05) is 33.3 Å². The van der Waals surface area contributed by atoms with E-state index in [0.29, 0.717) is 51.0 Å². The van der Waals surface area contributed by atoms with Crippen molar-refractivity contribution in [1.82, 2.24) is 9.80 Å². The Bertz CT molecular complexity index is 1040. The molecule has 1 atom stereocenters. The molecule has 2 aromatic carbocycles. The predicted molar refractivity (Wildman–Crippen MR) is 123 cm³/mol. The molecule has 9 heteroatoms. The van der Waals surface area contributed by atoms with Crippen molar-refractivity contribution >= 4 is 11.9 Å². The van der Waals surface area contributed by atoms with Gasteiger partial charge in [0.2, 0.25) is 0 Å². The lowest BCUT2D eigenvalue weighted by Gasteiger charge is -2.51. The fraction of sp³-hybridized carbons (Fsp3) is 0.462. The number of piperidine rings is 2. The molecule has 0 saturated carbocycles. The number of nitrogens with zero attached hydrogens (tertiary/aromatic N) is 2. The first kappa shape index (κ1) is 25.0. The van der Waals surface area contributed by atoms with Crippen LogP contribution < -0.4 is 4.74 Å². The largest absolute Gasteiger partial charge is 0.496 e. The van der Waals surface area contributed by atoms with Crippen LogP contribution in [0.3, 0.4) is 0 Å². The van der Waals surface area contributed by atoms with E-state index in [2.05, 4.69) is 4.90 Å². The first-order valence-corrected chi connectivity index (χ1v) is 11.7. The Labute approximate surface area is 202 Å². The van der Waals surface area contributed by atoms with Crippen LogP contribution in [0.5, 0.6) is 5.75 Å². The highest BCUT2D eigenvalue weighted by Crippen LogP contribution is 2.44. The van der Waals surface area contributed by atoms with Gasteiger partial charge in [-0.05, 0) is 50.6 Å². The summed E-state index contributed by atoms with van der Waals surface area (Å²) in [7, 11) is 1.62. The number of carbonyl (C=O) groups excluding carboxylic acids is 2. The zero-order chi connectivity index (χ0) is 25.1. The summed E-state index contributed by atoms with van der Waals surface area (Å²) >= 11 is 0. The molecule has 2 saturated heterocycles. The van der Waals surface area contributed by atoms with Crippen LogP contribution in [0.15, 0.2) is 54.6 Å². The van der Waals surface area contributed by atoms with Gasteiger partial charge in [-0.2, -0.15) is 13.2 Å². The Morgan fingerprint density at radius 2 is 1.60 bits per heavy atom. The maximum Gasteiger partial charge on any atom is 0.490 e. The Hall–Kier alpha value is -3.07. The zero-order valence-electron chi connectivity index (χ0n) is 19.6. The third-order valence-electron chi connectivity index (χ3n) is 7.18. The number of carbonyl (C=O) groups is 2. The third kappa shape index (κ3) is 5.61. The number of esters is 1. The van der Waals surface area contributed by atoms with Gasteiger partial charge in [0.15, 0.2) is 0 Å². The van der Waals surface area contributed by atoms with E-state index in [1.165, 1.54) is 4.90 Å². The van der Waals surface area contributed by atoms with Crippen molar-refractivity contribution < 1.29 is 32.2 Å². The molecule has 1 unspecified atom stereocenters. The average Bonchev–Trinajstić information content (AvgIpc) is 2.86. The standard InChI is InChI=1S/C26H29F3N2O4/c1-34-21-10-6-5-9-20(21)17-30-14-11-25(12-15-30)13-16-31(23(32)19-7-3-2-4-8-19)18-22(25)35-24(33)26(27,28)29/h2-10,22H,11-18H2,1H3. The molecular formula is C26H29F3N2O4. The molecule has 0 radical (unpaired) electrons. The summed E-state index contributed by atoms with van der Waals surface area (Å²) in [6.07, 6.45) is -4.48. The second kappa shape index (κ2) is 10.3. The van der Waals surface area contributed by atoms with Crippen molar-refractivity contribution in [3.05, 3.63) is 65.7 Å². The first-order valence-electron chi connectivity index (χ1n) is 11.7. The van der Waals surface area contributed by atoms with E-state index in [4.69, 9.17) is 9.47 Å². The molecule has 0 N–H and O–H groups in total. The summed E-state index contributed by atoms with van der Waals surface area (Å²) in [4.78, 5) is 28.5. The first-order chi connectivity index (χ1) is 16.7. The number of hydrogen-bond donors (Lipinski definition) is 0. The molecule has 2 aromatic rings. The van der Waals surface area contributed by atoms with Gasteiger partial charge in [-0.3, -0.25) is 9.69 Å². The van der Waals surface area contributed by atoms with Crippen LogP contribution >= 0.6 is 0 Å². The Kier molecular flexibility index (Phi) is 7.35. The topological polar surface area (TPSA) is 59.1 Å². The second-order valence-corrected chi connectivity index (χ2v) is 9.21. The molecule has 1 amide bonds. The lowest BCUT2D eigenvalue weighted by Crippen LogP contribution is -2.58. The molecule has 4 rings (SSSR count). The SMILES string of the molecule is COc1ccccc1CN1CCC2(CC1)CCN(C(=O)c1ccccc1)CC2OC(=O)C(F)(F)F. The van der Waals surface area contributed by atoms with Gasteiger partial charge in [-0.1, -0.05) is 36.4 Å². The Balaban J connectivity index is 1.48. The van der Waals surface area contributed by atoms with Gasteiger partial charge < -0.3 is 14.4 Å². The molecule has 2 heterocycles. The van der Waals surface area contributed by atoms with Gasteiger partial charge in [0.05, 0.1) is 13.7 Å². The summed E-state index contributed by atoms with van der Waals surface area (Å²) in [5.74, 6) is -1.69. The van der Waals surface area contributed by atoms with E-state index in [1.54, 1.807) is 37.4 Å². The van der Waals surface area contributed by atoms with Gasteiger partial charge in [0, 0.05) is 29.6 Å². The number of ether oxygens (including phenoxy) is 2.